The Balaban J connectivity index is 2.32. The highest BCUT2D eigenvalue weighted by Gasteiger charge is 2.10. The smallest absolute Gasteiger partial charge is 0.316 e. The normalized spacial score (nSPS) is 10.2. The van der Waals surface area contributed by atoms with Crippen LogP contribution in [0.25, 0.3) is 10.4 Å². The van der Waals surface area contributed by atoms with Gasteiger partial charge in [0.25, 0.3) is 0 Å². The molecule has 2 aromatic rings. The van der Waals surface area contributed by atoms with Crippen LogP contribution < -0.4 is 16.8 Å². The molecule has 98 valence electrons. The van der Waals surface area contributed by atoms with Crippen molar-refractivity contribution in [2.75, 3.05) is 5.32 Å². The molecule has 1 aromatic carbocycles. The third-order valence-electron chi connectivity index (χ3n) is 2.39. The number of hydrogen-bond acceptors (Lipinski definition) is 3. The predicted molar refractivity (Wildman–Crippen MR) is 76.5 cm³/mol. The molecule has 0 saturated carbocycles. The number of carbonyl (C=O) groups is 2. The molecule has 5 N–H and O–H groups in total. The molecule has 7 heteroatoms. The maximum atomic E-state index is 11.1. The third-order valence-corrected chi connectivity index (χ3v) is 3.68. The van der Waals surface area contributed by atoms with Crippen molar-refractivity contribution in [3.8, 4) is 10.4 Å². The van der Waals surface area contributed by atoms with Crippen LogP contribution in [0.2, 0.25) is 5.02 Å². The van der Waals surface area contributed by atoms with Crippen LogP contribution in [0.1, 0.15) is 10.4 Å². The van der Waals surface area contributed by atoms with Crippen molar-refractivity contribution < 1.29 is 9.59 Å². The number of rotatable bonds is 3. The molecule has 0 unspecified atom stereocenters. The van der Waals surface area contributed by atoms with Crippen molar-refractivity contribution in [3.63, 3.8) is 0 Å². The summed E-state index contributed by atoms with van der Waals surface area (Å²) in [6, 6.07) is 6.12. The van der Waals surface area contributed by atoms with Crippen molar-refractivity contribution in [2.24, 2.45) is 11.5 Å². The molecule has 1 aromatic heterocycles. The van der Waals surface area contributed by atoms with Crippen LogP contribution in [-0.2, 0) is 0 Å². The standard InChI is InChI=1S/C12H10ClN3O2S/c13-9-3-6(1-2-8(9)11(14)17)10-4-7(5-19-10)16-12(15)18/h1-5H,(H2,14,17)(H3,15,16,18). The summed E-state index contributed by atoms with van der Waals surface area (Å²) in [6.45, 7) is 0. The maximum absolute atomic E-state index is 11.1. The van der Waals surface area contributed by atoms with Gasteiger partial charge < -0.3 is 16.8 Å². The van der Waals surface area contributed by atoms with E-state index in [0.717, 1.165) is 10.4 Å². The van der Waals surface area contributed by atoms with E-state index in [2.05, 4.69) is 5.32 Å². The SMILES string of the molecule is NC(=O)Nc1csc(-c2ccc(C(N)=O)c(Cl)c2)c1. The van der Waals surface area contributed by atoms with E-state index in [4.69, 9.17) is 23.1 Å². The van der Waals surface area contributed by atoms with Gasteiger partial charge in [0.05, 0.1) is 16.3 Å². The number of halogens is 1. The van der Waals surface area contributed by atoms with E-state index in [1.165, 1.54) is 11.3 Å². The minimum Gasteiger partial charge on any atom is -0.366 e. The van der Waals surface area contributed by atoms with Gasteiger partial charge in [-0.15, -0.1) is 11.3 Å². The van der Waals surface area contributed by atoms with E-state index in [1.54, 1.807) is 29.6 Å². The molecule has 0 fully saturated rings. The number of urea groups is 1. The average Bonchev–Trinajstić information content (AvgIpc) is 2.75. The molecule has 0 aliphatic carbocycles. The van der Waals surface area contributed by atoms with Gasteiger partial charge in [0.1, 0.15) is 0 Å². The Morgan fingerprint density at radius 2 is 1.95 bits per heavy atom. The number of nitrogens with two attached hydrogens (primary N) is 2. The fourth-order valence-electron chi connectivity index (χ4n) is 1.56. The topological polar surface area (TPSA) is 98.2 Å². The lowest BCUT2D eigenvalue weighted by atomic mass is 10.1. The fourth-order valence-corrected chi connectivity index (χ4v) is 2.68. The van der Waals surface area contributed by atoms with Gasteiger partial charge in [-0.25, -0.2) is 4.79 Å². The highest BCUT2D eigenvalue weighted by molar-refractivity contribution is 7.14. The Morgan fingerprint density at radius 1 is 1.21 bits per heavy atom. The van der Waals surface area contributed by atoms with E-state index >= 15 is 0 Å². The first-order valence-corrected chi connectivity index (χ1v) is 6.48. The lowest BCUT2D eigenvalue weighted by Gasteiger charge is -2.02. The first-order chi connectivity index (χ1) is 8.97. The largest absolute Gasteiger partial charge is 0.366 e. The summed E-state index contributed by atoms with van der Waals surface area (Å²) in [5, 5.41) is 4.54. The van der Waals surface area contributed by atoms with Crippen LogP contribution in [0.3, 0.4) is 0 Å². The number of thiophene rings is 1. The van der Waals surface area contributed by atoms with Crippen LogP contribution in [-0.4, -0.2) is 11.9 Å². The highest BCUT2D eigenvalue weighted by Crippen LogP contribution is 2.32. The first kappa shape index (κ1) is 13.4. The molecule has 0 atom stereocenters. The molecule has 5 nitrogen and oxygen atoms in total. The van der Waals surface area contributed by atoms with Gasteiger partial charge in [-0.1, -0.05) is 17.7 Å². The summed E-state index contributed by atoms with van der Waals surface area (Å²) in [5.41, 5.74) is 11.9. The van der Waals surface area contributed by atoms with Gasteiger partial charge in [-0.3, -0.25) is 4.79 Å². The minimum atomic E-state index is -0.619. The highest BCUT2D eigenvalue weighted by atomic mass is 35.5. The molecule has 0 bridgehead atoms. The molecule has 19 heavy (non-hydrogen) atoms. The van der Waals surface area contributed by atoms with Gasteiger partial charge in [-0.2, -0.15) is 0 Å². The van der Waals surface area contributed by atoms with E-state index in [0.29, 0.717) is 10.7 Å². The van der Waals surface area contributed by atoms with Crippen molar-refractivity contribution in [1.82, 2.24) is 0 Å². The van der Waals surface area contributed by atoms with Crippen LogP contribution in [0.15, 0.2) is 29.6 Å². The molecule has 0 spiro atoms. The Hall–Kier alpha value is -2.05. The Bertz CT molecular complexity index is 654. The Kier molecular flexibility index (Phi) is 3.73. The minimum absolute atomic E-state index is 0.275. The van der Waals surface area contributed by atoms with Gasteiger partial charge in [0.2, 0.25) is 5.91 Å². The number of nitrogens with one attached hydrogen (secondary N) is 1. The lowest BCUT2D eigenvalue weighted by Crippen LogP contribution is -2.18. The molecule has 0 aliphatic heterocycles. The molecule has 0 radical (unpaired) electrons. The zero-order chi connectivity index (χ0) is 14.0. The molecule has 3 amide bonds. The second-order valence-electron chi connectivity index (χ2n) is 3.75. The second kappa shape index (κ2) is 5.29. The van der Waals surface area contributed by atoms with Gasteiger partial charge >= 0.3 is 6.03 Å². The van der Waals surface area contributed by atoms with E-state index in [9.17, 15) is 9.59 Å². The summed E-state index contributed by atoms with van der Waals surface area (Å²) < 4.78 is 0. The van der Waals surface area contributed by atoms with Crippen molar-refractivity contribution >= 4 is 40.6 Å². The average molecular weight is 296 g/mol. The monoisotopic (exact) mass is 295 g/mol. The van der Waals surface area contributed by atoms with Crippen LogP contribution in [0.4, 0.5) is 10.5 Å². The molecule has 2 rings (SSSR count). The summed E-state index contributed by atoms with van der Waals surface area (Å²) in [6.07, 6.45) is 0. The number of benzene rings is 1. The number of carbonyl (C=O) groups excluding carboxylic acids is 2. The number of amides is 3. The third kappa shape index (κ3) is 3.04. The van der Waals surface area contributed by atoms with Crippen molar-refractivity contribution in [3.05, 3.63) is 40.2 Å². The van der Waals surface area contributed by atoms with Crippen LogP contribution >= 0.6 is 22.9 Å². The lowest BCUT2D eigenvalue weighted by molar-refractivity contribution is 0.100. The predicted octanol–water partition coefficient (Wildman–Crippen LogP) is 2.66. The zero-order valence-electron chi connectivity index (χ0n) is 9.64. The molecular weight excluding hydrogens is 286 g/mol. The van der Waals surface area contributed by atoms with E-state index in [-0.39, 0.29) is 5.56 Å². The Labute approximate surface area is 118 Å². The van der Waals surface area contributed by atoms with Crippen molar-refractivity contribution in [1.29, 1.82) is 0 Å². The van der Waals surface area contributed by atoms with Gasteiger partial charge in [0, 0.05) is 10.3 Å². The fraction of sp³-hybridized carbons (Fsp3) is 0. The van der Waals surface area contributed by atoms with E-state index in [1.807, 2.05) is 0 Å². The first-order valence-electron chi connectivity index (χ1n) is 5.22. The number of anilines is 1. The summed E-state index contributed by atoms with van der Waals surface area (Å²) >= 11 is 7.40. The number of primary amides is 2. The summed E-state index contributed by atoms with van der Waals surface area (Å²) in [7, 11) is 0. The zero-order valence-corrected chi connectivity index (χ0v) is 11.2. The molecule has 0 aliphatic rings. The van der Waals surface area contributed by atoms with E-state index < -0.39 is 11.9 Å². The summed E-state index contributed by atoms with van der Waals surface area (Å²) in [5.74, 6) is -0.571. The molecule has 1 heterocycles. The summed E-state index contributed by atoms with van der Waals surface area (Å²) in [4.78, 5) is 22.7. The van der Waals surface area contributed by atoms with Gasteiger partial charge in [0.15, 0.2) is 0 Å². The molecule has 0 saturated heterocycles. The van der Waals surface area contributed by atoms with Crippen LogP contribution in [0, 0.1) is 0 Å². The Morgan fingerprint density at radius 3 is 2.53 bits per heavy atom. The van der Waals surface area contributed by atoms with Crippen molar-refractivity contribution in [2.45, 2.75) is 0 Å². The van der Waals surface area contributed by atoms with Crippen LogP contribution in [0.5, 0.6) is 0 Å². The van der Waals surface area contributed by atoms with Gasteiger partial charge in [-0.05, 0) is 23.8 Å². The quantitative estimate of drug-likeness (QED) is 0.811. The number of hydrogen-bond donors (Lipinski definition) is 3. The maximum Gasteiger partial charge on any atom is 0.316 e. The second-order valence-corrected chi connectivity index (χ2v) is 5.07. The molecular formula is C12H10ClN3O2S.